The number of piperidine rings is 1. The van der Waals surface area contributed by atoms with Crippen LogP contribution in [0.3, 0.4) is 0 Å². The highest BCUT2D eigenvalue weighted by atomic mass is 14.9. The fourth-order valence-electron chi connectivity index (χ4n) is 3.11. The molecule has 1 radical (unpaired) electrons. The summed E-state index contributed by atoms with van der Waals surface area (Å²) in [5.74, 6) is 0. The molecule has 73 valence electrons. The van der Waals surface area contributed by atoms with Crippen LogP contribution in [-0.2, 0) is 11.8 Å². The highest BCUT2D eigenvalue weighted by Crippen LogP contribution is 2.44. The molecule has 2 aliphatic rings. The second-order valence-electron chi connectivity index (χ2n) is 4.61. The van der Waals surface area contributed by atoms with Gasteiger partial charge < -0.3 is 0 Å². The molecule has 0 bridgehead atoms. The van der Waals surface area contributed by atoms with E-state index in [9.17, 15) is 0 Å². The number of fused-ring (bicyclic) bond motifs is 2. The van der Waals surface area contributed by atoms with Crippen molar-refractivity contribution in [3.8, 4) is 0 Å². The van der Waals surface area contributed by atoms with Crippen molar-refractivity contribution in [1.82, 2.24) is 5.32 Å². The minimum absolute atomic E-state index is 0.512. The molecule has 1 saturated heterocycles. The van der Waals surface area contributed by atoms with Crippen LogP contribution in [-0.4, -0.2) is 13.1 Å². The van der Waals surface area contributed by atoms with Gasteiger partial charge in [-0.05, 0) is 42.2 Å². The van der Waals surface area contributed by atoms with E-state index in [0.29, 0.717) is 5.41 Å². The number of nitrogens with zero attached hydrogens (tertiary/aromatic N) is 1. The Labute approximate surface area is 85.5 Å². The molecule has 1 fully saturated rings. The predicted octanol–water partition coefficient (Wildman–Crippen LogP) is 2.27. The fourth-order valence-corrected chi connectivity index (χ4v) is 3.11. The molecule has 0 unspecified atom stereocenters. The SMILES string of the molecule is c1ccc2c(c1)CCC21CC[N]CC1. The van der Waals surface area contributed by atoms with Crippen molar-refractivity contribution < 1.29 is 0 Å². The summed E-state index contributed by atoms with van der Waals surface area (Å²) in [6.45, 7) is 2.16. The molecular formula is C13H16N. The van der Waals surface area contributed by atoms with Crippen LogP contribution >= 0.6 is 0 Å². The number of hydrogen-bond acceptors (Lipinski definition) is 0. The Hall–Kier alpha value is -0.820. The molecule has 0 N–H and O–H groups in total. The van der Waals surface area contributed by atoms with Crippen molar-refractivity contribution in [3.05, 3.63) is 35.4 Å². The normalized spacial score (nSPS) is 23.7. The van der Waals surface area contributed by atoms with E-state index < -0.39 is 0 Å². The highest BCUT2D eigenvalue weighted by molar-refractivity contribution is 5.39. The van der Waals surface area contributed by atoms with E-state index >= 15 is 0 Å². The van der Waals surface area contributed by atoms with Gasteiger partial charge in [-0.3, -0.25) is 0 Å². The molecular weight excluding hydrogens is 170 g/mol. The second kappa shape index (κ2) is 3.09. The average molecular weight is 186 g/mol. The third kappa shape index (κ3) is 1.12. The summed E-state index contributed by atoms with van der Waals surface area (Å²) in [5, 5.41) is 4.47. The van der Waals surface area contributed by atoms with Gasteiger partial charge in [0, 0.05) is 13.1 Å². The Bertz CT molecular complexity index is 331. The Morgan fingerprint density at radius 1 is 1.00 bits per heavy atom. The first kappa shape index (κ1) is 8.49. The second-order valence-corrected chi connectivity index (χ2v) is 4.61. The van der Waals surface area contributed by atoms with Gasteiger partial charge in [0.1, 0.15) is 0 Å². The third-order valence-electron chi connectivity index (χ3n) is 3.96. The summed E-state index contributed by atoms with van der Waals surface area (Å²) >= 11 is 0. The van der Waals surface area contributed by atoms with Crippen LogP contribution in [0.15, 0.2) is 24.3 Å². The van der Waals surface area contributed by atoms with Gasteiger partial charge in [0.05, 0.1) is 0 Å². The maximum atomic E-state index is 4.47. The summed E-state index contributed by atoms with van der Waals surface area (Å²) in [6, 6.07) is 9.01. The fraction of sp³-hybridized carbons (Fsp3) is 0.538. The highest BCUT2D eigenvalue weighted by Gasteiger charge is 2.39. The van der Waals surface area contributed by atoms with Crippen molar-refractivity contribution in [3.63, 3.8) is 0 Å². The summed E-state index contributed by atoms with van der Waals surface area (Å²) in [4.78, 5) is 0. The van der Waals surface area contributed by atoms with E-state index in [-0.39, 0.29) is 0 Å². The molecule has 1 heteroatoms. The maximum absolute atomic E-state index is 4.47. The molecule has 0 saturated carbocycles. The van der Waals surface area contributed by atoms with Crippen LogP contribution in [0.4, 0.5) is 0 Å². The molecule has 1 spiro atoms. The van der Waals surface area contributed by atoms with E-state index in [0.717, 1.165) is 13.1 Å². The predicted molar refractivity (Wildman–Crippen MR) is 57.5 cm³/mol. The van der Waals surface area contributed by atoms with Gasteiger partial charge in [0.2, 0.25) is 0 Å². The first-order valence-electron chi connectivity index (χ1n) is 5.62. The van der Waals surface area contributed by atoms with Crippen LogP contribution in [0.2, 0.25) is 0 Å². The number of benzene rings is 1. The molecule has 1 aliphatic heterocycles. The standard InChI is InChI=1S/C13H16N/c1-2-4-12-11(3-1)5-6-13(12)7-9-14-10-8-13/h1-4H,5-10H2. The average Bonchev–Trinajstić information content (AvgIpc) is 2.60. The molecule has 1 aromatic carbocycles. The Morgan fingerprint density at radius 3 is 2.64 bits per heavy atom. The van der Waals surface area contributed by atoms with Crippen LogP contribution in [0.25, 0.3) is 0 Å². The molecule has 0 atom stereocenters. The molecule has 14 heavy (non-hydrogen) atoms. The zero-order chi connectivity index (χ0) is 9.43. The number of hydrogen-bond donors (Lipinski definition) is 0. The summed E-state index contributed by atoms with van der Waals surface area (Å²) in [5.41, 5.74) is 3.74. The molecule has 3 rings (SSSR count). The smallest absolute Gasteiger partial charge is 0.0141 e. The topological polar surface area (TPSA) is 14.1 Å². The van der Waals surface area contributed by atoms with Crippen molar-refractivity contribution in [2.75, 3.05) is 13.1 Å². The first-order valence-corrected chi connectivity index (χ1v) is 5.62. The van der Waals surface area contributed by atoms with Crippen LogP contribution < -0.4 is 5.32 Å². The monoisotopic (exact) mass is 186 g/mol. The Morgan fingerprint density at radius 2 is 1.79 bits per heavy atom. The lowest BCUT2D eigenvalue weighted by Crippen LogP contribution is -2.35. The van der Waals surface area contributed by atoms with Crippen LogP contribution in [0.1, 0.15) is 30.4 Å². The molecule has 0 aromatic heterocycles. The minimum Gasteiger partial charge on any atom is -0.242 e. The van der Waals surface area contributed by atoms with Gasteiger partial charge in [-0.1, -0.05) is 24.3 Å². The molecule has 1 aliphatic carbocycles. The quantitative estimate of drug-likeness (QED) is 0.590. The van der Waals surface area contributed by atoms with E-state index in [2.05, 4.69) is 29.6 Å². The van der Waals surface area contributed by atoms with E-state index in [1.807, 2.05) is 0 Å². The molecule has 1 aromatic rings. The summed E-state index contributed by atoms with van der Waals surface area (Å²) < 4.78 is 0. The van der Waals surface area contributed by atoms with E-state index in [1.165, 1.54) is 25.7 Å². The minimum atomic E-state index is 0.512. The summed E-state index contributed by atoms with van der Waals surface area (Å²) in [7, 11) is 0. The van der Waals surface area contributed by atoms with Crippen LogP contribution in [0.5, 0.6) is 0 Å². The summed E-state index contributed by atoms with van der Waals surface area (Å²) in [6.07, 6.45) is 5.21. The van der Waals surface area contributed by atoms with Gasteiger partial charge in [-0.15, -0.1) is 0 Å². The number of aryl methyl sites for hydroxylation is 1. The molecule has 0 amide bonds. The molecule has 1 nitrogen and oxygen atoms in total. The number of rotatable bonds is 0. The van der Waals surface area contributed by atoms with Gasteiger partial charge in [-0.2, -0.15) is 0 Å². The van der Waals surface area contributed by atoms with Crippen LogP contribution in [0, 0.1) is 0 Å². The van der Waals surface area contributed by atoms with E-state index in [4.69, 9.17) is 0 Å². The van der Waals surface area contributed by atoms with Gasteiger partial charge in [-0.25, -0.2) is 5.32 Å². The van der Waals surface area contributed by atoms with Crippen molar-refractivity contribution >= 4 is 0 Å². The van der Waals surface area contributed by atoms with Crippen molar-refractivity contribution in [2.24, 2.45) is 0 Å². The maximum Gasteiger partial charge on any atom is 0.0141 e. The Balaban J connectivity index is 2.03. The third-order valence-corrected chi connectivity index (χ3v) is 3.96. The van der Waals surface area contributed by atoms with Crippen molar-refractivity contribution in [2.45, 2.75) is 31.1 Å². The lowest BCUT2D eigenvalue weighted by atomic mass is 9.74. The molecule has 1 heterocycles. The van der Waals surface area contributed by atoms with Gasteiger partial charge >= 0.3 is 0 Å². The lowest BCUT2D eigenvalue weighted by Gasteiger charge is -2.34. The van der Waals surface area contributed by atoms with Gasteiger partial charge in [0.25, 0.3) is 0 Å². The Kier molecular flexibility index (Phi) is 1.88. The zero-order valence-electron chi connectivity index (χ0n) is 8.50. The lowest BCUT2D eigenvalue weighted by molar-refractivity contribution is 0.303. The first-order chi connectivity index (χ1) is 6.91. The largest absolute Gasteiger partial charge is 0.242 e. The van der Waals surface area contributed by atoms with Crippen molar-refractivity contribution in [1.29, 1.82) is 0 Å². The zero-order valence-corrected chi connectivity index (χ0v) is 8.50. The van der Waals surface area contributed by atoms with Gasteiger partial charge in [0.15, 0.2) is 0 Å². The van der Waals surface area contributed by atoms with E-state index in [1.54, 1.807) is 11.1 Å².